The van der Waals surface area contributed by atoms with E-state index in [0.717, 1.165) is 0 Å². The fourth-order valence-electron chi connectivity index (χ4n) is 1.87. The van der Waals surface area contributed by atoms with Gasteiger partial charge in [-0.15, -0.1) is 0 Å². The lowest BCUT2D eigenvalue weighted by Gasteiger charge is -2.11. The van der Waals surface area contributed by atoms with Crippen LogP contribution in [0.5, 0.6) is 0 Å². The number of pyridine rings is 1. The van der Waals surface area contributed by atoms with E-state index in [1.54, 1.807) is 6.92 Å². The minimum atomic E-state index is -0.763. The SMILES string of the molecule is CCOC(=O)C(C=Nc1cc(Cl)nc(Cl)c1)c1ccc(F)cc1. The molecular weight excluding hydrogens is 342 g/mol. The van der Waals surface area contributed by atoms with E-state index in [0.29, 0.717) is 11.3 Å². The summed E-state index contributed by atoms with van der Waals surface area (Å²) in [5.41, 5.74) is 1.02. The van der Waals surface area contributed by atoms with Gasteiger partial charge in [0.1, 0.15) is 22.0 Å². The Kier molecular flexibility index (Phi) is 6.07. The molecule has 4 nitrogen and oxygen atoms in total. The Balaban J connectivity index is 2.31. The van der Waals surface area contributed by atoms with Crippen molar-refractivity contribution in [2.75, 3.05) is 6.61 Å². The predicted octanol–water partition coefficient (Wildman–Crippen LogP) is 4.58. The summed E-state index contributed by atoms with van der Waals surface area (Å²) in [7, 11) is 0. The van der Waals surface area contributed by atoms with Crippen molar-refractivity contribution in [3.63, 3.8) is 0 Å². The molecule has 1 unspecified atom stereocenters. The van der Waals surface area contributed by atoms with Gasteiger partial charge in [-0.1, -0.05) is 35.3 Å². The van der Waals surface area contributed by atoms with E-state index in [2.05, 4.69) is 9.98 Å². The van der Waals surface area contributed by atoms with Crippen LogP contribution in [0.3, 0.4) is 0 Å². The van der Waals surface area contributed by atoms with E-state index in [4.69, 9.17) is 27.9 Å². The van der Waals surface area contributed by atoms with Crippen LogP contribution in [0.4, 0.5) is 10.1 Å². The smallest absolute Gasteiger partial charge is 0.318 e. The van der Waals surface area contributed by atoms with Crippen LogP contribution in [-0.4, -0.2) is 23.8 Å². The number of halogens is 3. The van der Waals surface area contributed by atoms with Gasteiger partial charge < -0.3 is 4.74 Å². The van der Waals surface area contributed by atoms with Gasteiger partial charge in [-0.2, -0.15) is 0 Å². The van der Waals surface area contributed by atoms with Crippen LogP contribution in [0, 0.1) is 5.82 Å². The molecule has 0 aliphatic heterocycles. The Morgan fingerprint density at radius 1 is 1.30 bits per heavy atom. The quantitative estimate of drug-likeness (QED) is 0.448. The molecule has 7 heteroatoms. The number of nitrogens with zero attached hydrogens (tertiary/aromatic N) is 2. The molecule has 1 aromatic carbocycles. The molecule has 0 fully saturated rings. The summed E-state index contributed by atoms with van der Waals surface area (Å²) in [6, 6.07) is 8.59. The third-order valence-corrected chi connectivity index (χ3v) is 3.28. The highest BCUT2D eigenvalue weighted by Crippen LogP contribution is 2.23. The highest BCUT2D eigenvalue weighted by atomic mass is 35.5. The van der Waals surface area contributed by atoms with Crippen LogP contribution in [0.1, 0.15) is 18.4 Å². The zero-order valence-corrected chi connectivity index (χ0v) is 13.7. The molecule has 0 N–H and O–H groups in total. The van der Waals surface area contributed by atoms with Crippen molar-refractivity contribution < 1.29 is 13.9 Å². The third kappa shape index (κ3) is 5.01. The summed E-state index contributed by atoms with van der Waals surface area (Å²) in [5, 5.41) is 0.387. The van der Waals surface area contributed by atoms with Crippen molar-refractivity contribution in [3.05, 3.63) is 58.1 Å². The van der Waals surface area contributed by atoms with Gasteiger partial charge >= 0.3 is 5.97 Å². The van der Waals surface area contributed by atoms with Gasteiger partial charge in [0.25, 0.3) is 0 Å². The number of rotatable bonds is 5. The zero-order valence-electron chi connectivity index (χ0n) is 12.2. The molecule has 120 valence electrons. The number of aliphatic imine (C=N–C) groups is 1. The van der Waals surface area contributed by atoms with Crippen LogP contribution in [-0.2, 0) is 9.53 Å². The summed E-state index contributed by atoms with van der Waals surface area (Å²) in [5.74, 6) is -1.63. The van der Waals surface area contributed by atoms with Crippen molar-refractivity contribution >= 4 is 41.1 Å². The molecule has 1 atom stereocenters. The average molecular weight is 355 g/mol. The van der Waals surface area contributed by atoms with Crippen LogP contribution in [0.2, 0.25) is 10.3 Å². The topological polar surface area (TPSA) is 51.5 Å². The molecular formula is C16H13Cl2FN2O2. The minimum Gasteiger partial charge on any atom is -0.465 e. The Bertz CT molecular complexity index is 700. The van der Waals surface area contributed by atoms with Gasteiger partial charge in [-0.05, 0) is 24.6 Å². The summed E-state index contributed by atoms with van der Waals surface area (Å²) >= 11 is 11.6. The highest BCUT2D eigenvalue weighted by molar-refractivity contribution is 6.32. The first kappa shape index (κ1) is 17.4. The average Bonchev–Trinajstić information content (AvgIpc) is 2.48. The normalized spacial score (nSPS) is 12.3. The monoisotopic (exact) mass is 354 g/mol. The van der Waals surface area contributed by atoms with Gasteiger partial charge in [-0.25, -0.2) is 9.37 Å². The second kappa shape index (κ2) is 8.04. The zero-order chi connectivity index (χ0) is 16.8. The number of esters is 1. The van der Waals surface area contributed by atoms with E-state index in [-0.39, 0.29) is 22.7 Å². The molecule has 0 saturated carbocycles. The molecule has 23 heavy (non-hydrogen) atoms. The van der Waals surface area contributed by atoms with Crippen LogP contribution >= 0.6 is 23.2 Å². The largest absolute Gasteiger partial charge is 0.465 e. The number of benzene rings is 1. The molecule has 1 aromatic heterocycles. The number of hydrogen-bond acceptors (Lipinski definition) is 4. The van der Waals surface area contributed by atoms with E-state index >= 15 is 0 Å². The van der Waals surface area contributed by atoms with E-state index in [9.17, 15) is 9.18 Å². The lowest BCUT2D eigenvalue weighted by atomic mass is 10.0. The number of ether oxygens (including phenoxy) is 1. The Labute approximate surface area is 142 Å². The van der Waals surface area contributed by atoms with Crippen LogP contribution in [0.15, 0.2) is 41.4 Å². The first-order chi connectivity index (χ1) is 11.0. The number of hydrogen-bond donors (Lipinski definition) is 0. The van der Waals surface area contributed by atoms with Crippen LogP contribution < -0.4 is 0 Å². The number of aromatic nitrogens is 1. The van der Waals surface area contributed by atoms with E-state index in [1.807, 2.05) is 0 Å². The molecule has 1 heterocycles. The summed E-state index contributed by atoms with van der Waals surface area (Å²) in [6.07, 6.45) is 1.41. The van der Waals surface area contributed by atoms with E-state index in [1.165, 1.54) is 42.6 Å². The van der Waals surface area contributed by atoms with Gasteiger partial charge in [0, 0.05) is 18.3 Å². The molecule has 0 amide bonds. The van der Waals surface area contributed by atoms with Crippen molar-refractivity contribution in [1.29, 1.82) is 0 Å². The Morgan fingerprint density at radius 3 is 2.48 bits per heavy atom. The first-order valence-electron chi connectivity index (χ1n) is 6.79. The molecule has 0 spiro atoms. The molecule has 0 radical (unpaired) electrons. The van der Waals surface area contributed by atoms with Crippen molar-refractivity contribution in [3.8, 4) is 0 Å². The second-order valence-electron chi connectivity index (χ2n) is 4.53. The molecule has 0 bridgehead atoms. The standard InChI is InChI=1S/C16H13Cl2FN2O2/c1-2-23-16(22)13(10-3-5-11(19)6-4-10)9-20-12-7-14(17)21-15(18)8-12/h3-9,13H,2H2,1H3. The Morgan fingerprint density at radius 2 is 1.91 bits per heavy atom. The second-order valence-corrected chi connectivity index (χ2v) is 5.30. The molecule has 0 saturated heterocycles. The summed E-state index contributed by atoms with van der Waals surface area (Å²) in [4.78, 5) is 20.1. The first-order valence-corrected chi connectivity index (χ1v) is 7.54. The maximum atomic E-state index is 13.1. The molecule has 0 aliphatic carbocycles. The van der Waals surface area contributed by atoms with Crippen molar-refractivity contribution in [2.24, 2.45) is 4.99 Å². The lowest BCUT2D eigenvalue weighted by Crippen LogP contribution is -2.17. The van der Waals surface area contributed by atoms with Gasteiger partial charge in [-0.3, -0.25) is 9.79 Å². The maximum absolute atomic E-state index is 13.1. The van der Waals surface area contributed by atoms with E-state index < -0.39 is 11.9 Å². The van der Waals surface area contributed by atoms with Crippen molar-refractivity contribution in [1.82, 2.24) is 4.98 Å². The third-order valence-electron chi connectivity index (χ3n) is 2.89. The molecule has 2 aromatic rings. The predicted molar refractivity (Wildman–Crippen MR) is 88.2 cm³/mol. The van der Waals surface area contributed by atoms with Crippen molar-refractivity contribution in [2.45, 2.75) is 12.8 Å². The summed E-state index contributed by atoms with van der Waals surface area (Å²) in [6.45, 7) is 1.94. The summed E-state index contributed by atoms with van der Waals surface area (Å²) < 4.78 is 18.1. The lowest BCUT2D eigenvalue weighted by molar-refractivity contribution is -0.143. The maximum Gasteiger partial charge on any atom is 0.318 e. The minimum absolute atomic E-state index is 0.194. The van der Waals surface area contributed by atoms with Crippen LogP contribution in [0.25, 0.3) is 0 Å². The number of carbonyl (C=O) groups is 1. The van der Waals surface area contributed by atoms with Gasteiger partial charge in [0.15, 0.2) is 0 Å². The number of carbonyl (C=O) groups excluding carboxylic acids is 1. The van der Waals surface area contributed by atoms with Gasteiger partial charge in [0.05, 0.1) is 12.3 Å². The van der Waals surface area contributed by atoms with Gasteiger partial charge in [0.2, 0.25) is 0 Å². The molecule has 0 aliphatic rings. The highest BCUT2D eigenvalue weighted by Gasteiger charge is 2.20. The Hall–Kier alpha value is -1.98. The fourth-order valence-corrected chi connectivity index (χ4v) is 2.32. The molecule has 2 rings (SSSR count). The fraction of sp³-hybridized carbons (Fsp3) is 0.188.